The van der Waals surface area contributed by atoms with E-state index in [0.717, 1.165) is 28.8 Å². The molecule has 1 aliphatic carbocycles. The second-order valence-electron chi connectivity index (χ2n) is 10.1. The number of hydrogen-bond donors (Lipinski definition) is 2. The van der Waals surface area contributed by atoms with Gasteiger partial charge in [0.15, 0.2) is 0 Å². The van der Waals surface area contributed by atoms with E-state index in [1.165, 1.54) is 25.7 Å². The normalized spacial score (nSPS) is 23.4. The zero-order valence-corrected chi connectivity index (χ0v) is 20.5. The van der Waals surface area contributed by atoms with Gasteiger partial charge in [-0.25, -0.2) is 0 Å². The minimum atomic E-state index is -0.201. The zero-order valence-electron chi connectivity index (χ0n) is 20.5. The lowest BCUT2D eigenvalue weighted by atomic mass is 9.84. The van der Waals surface area contributed by atoms with Crippen LogP contribution in [0.15, 0.2) is 24.5 Å². The molecule has 0 spiro atoms. The first-order valence-electron chi connectivity index (χ1n) is 12.2. The Balaban J connectivity index is 1.62. The lowest BCUT2D eigenvalue weighted by Crippen LogP contribution is -2.50. The van der Waals surface area contributed by atoms with Crippen LogP contribution in [-0.4, -0.2) is 47.3 Å². The third-order valence-corrected chi connectivity index (χ3v) is 7.54. The van der Waals surface area contributed by atoms with Crippen LogP contribution < -0.4 is 15.5 Å². The van der Waals surface area contributed by atoms with E-state index in [0.29, 0.717) is 18.2 Å². The highest BCUT2D eigenvalue weighted by Gasteiger charge is 2.32. The fourth-order valence-corrected chi connectivity index (χ4v) is 5.51. The quantitative estimate of drug-likeness (QED) is 0.702. The molecule has 2 fully saturated rings. The Morgan fingerprint density at radius 2 is 1.97 bits per heavy atom. The summed E-state index contributed by atoms with van der Waals surface area (Å²) in [6.07, 6.45) is 9.61. The molecular weight excluding hydrogens is 414 g/mol. The van der Waals surface area contributed by atoms with E-state index in [2.05, 4.69) is 40.7 Å². The van der Waals surface area contributed by atoms with Gasteiger partial charge in [-0.2, -0.15) is 5.10 Å². The van der Waals surface area contributed by atoms with E-state index < -0.39 is 0 Å². The van der Waals surface area contributed by atoms with Crippen LogP contribution in [0.25, 0.3) is 11.1 Å². The average Bonchev–Trinajstić information content (AvgIpc) is 3.44. The van der Waals surface area contributed by atoms with Crippen molar-refractivity contribution in [3.63, 3.8) is 0 Å². The second-order valence-corrected chi connectivity index (χ2v) is 10.1. The molecule has 1 saturated heterocycles. The molecule has 1 aromatic carbocycles. The summed E-state index contributed by atoms with van der Waals surface area (Å²) < 4.78 is 1.78. The maximum Gasteiger partial charge on any atom is 0.251 e. The smallest absolute Gasteiger partial charge is 0.251 e. The maximum absolute atomic E-state index is 13.4. The van der Waals surface area contributed by atoms with Crippen LogP contribution in [0.3, 0.4) is 0 Å². The van der Waals surface area contributed by atoms with E-state index in [1.54, 1.807) is 4.68 Å². The molecule has 1 aromatic heterocycles. The van der Waals surface area contributed by atoms with E-state index >= 15 is 0 Å². The van der Waals surface area contributed by atoms with Gasteiger partial charge in [-0.05, 0) is 62.3 Å². The van der Waals surface area contributed by atoms with Gasteiger partial charge in [0, 0.05) is 55.7 Å². The summed E-state index contributed by atoms with van der Waals surface area (Å²) in [4.78, 5) is 28.2. The molecule has 178 valence electrons. The van der Waals surface area contributed by atoms with Crippen molar-refractivity contribution < 1.29 is 9.59 Å². The second kappa shape index (κ2) is 9.57. The maximum atomic E-state index is 13.4. The molecule has 3 atom stereocenters. The van der Waals surface area contributed by atoms with Crippen LogP contribution in [-0.2, 0) is 11.8 Å². The van der Waals surface area contributed by atoms with Gasteiger partial charge in [-0.15, -0.1) is 0 Å². The Morgan fingerprint density at radius 1 is 1.24 bits per heavy atom. The first kappa shape index (κ1) is 23.3. The molecule has 2 heterocycles. The summed E-state index contributed by atoms with van der Waals surface area (Å²) in [6.45, 7) is 6.50. The van der Waals surface area contributed by atoms with Gasteiger partial charge in [0.25, 0.3) is 5.91 Å². The SMILES string of the molecule is Cc1c(C(=O)NCC2C(=O)NC(C)CC2C)cc(-c2cnn(C)c2)cc1N(C)C1CCCC1. The van der Waals surface area contributed by atoms with Crippen LogP contribution in [0.2, 0.25) is 0 Å². The number of hydrogen-bond acceptors (Lipinski definition) is 4. The molecule has 7 nitrogen and oxygen atoms in total. The van der Waals surface area contributed by atoms with Crippen molar-refractivity contribution in [1.82, 2.24) is 20.4 Å². The Morgan fingerprint density at radius 3 is 2.61 bits per heavy atom. The molecule has 2 amide bonds. The summed E-state index contributed by atoms with van der Waals surface area (Å²) >= 11 is 0. The van der Waals surface area contributed by atoms with Gasteiger partial charge >= 0.3 is 0 Å². The molecule has 7 heteroatoms. The number of nitrogens with one attached hydrogen (secondary N) is 2. The summed E-state index contributed by atoms with van der Waals surface area (Å²) in [6, 6.07) is 4.82. The molecule has 0 bridgehead atoms. The number of carbonyl (C=O) groups excluding carboxylic acids is 2. The van der Waals surface area contributed by atoms with E-state index in [-0.39, 0.29) is 29.7 Å². The predicted octanol–water partition coefficient (Wildman–Crippen LogP) is 3.66. The Bertz CT molecular complexity index is 1020. The van der Waals surface area contributed by atoms with Gasteiger partial charge in [0.1, 0.15) is 0 Å². The van der Waals surface area contributed by atoms with E-state index in [4.69, 9.17) is 0 Å². The van der Waals surface area contributed by atoms with Crippen molar-refractivity contribution in [2.75, 3.05) is 18.5 Å². The fourth-order valence-electron chi connectivity index (χ4n) is 5.51. The van der Waals surface area contributed by atoms with Crippen molar-refractivity contribution in [2.24, 2.45) is 18.9 Å². The molecule has 2 aromatic rings. The number of aromatic nitrogens is 2. The minimum Gasteiger partial charge on any atom is -0.371 e. The number of piperidine rings is 1. The van der Waals surface area contributed by atoms with Crippen molar-refractivity contribution in [1.29, 1.82) is 0 Å². The standard InChI is InChI=1S/C26H37N5O2/c1-16-10-17(2)29-26(33)23(16)14-27-25(32)22-11-19(20-13-28-30(4)15-20)12-24(18(22)3)31(5)21-8-6-7-9-21/h11-13,15-17,21,23H,6-10,14H2,1-5H3,(H,27,32)(H,29,33). The van der Waals surface area contributed by atoms with E-state index in [1.807, 2.05) is 39.4 Å². The molecule has 3 unspecified atom stereocenters. The number of amides is 2. The number of nitrogens with zero attached hydrogens (tertiary/aromatic N) is 3. The van der Waals surface area contributed by atoms with Crippen molar-refractivity contribution >= 4 is 17.5 Å². The molecule has 0 radical (unpaired) electrons. The molecule has 33 heavy (non-hydrogen) atoms. The number of anilines is 1. The Hall–Kier alpha value is -2.83. The van der Waals surface area contributed by atoms with Crippen LogP contribution in [0, 0.1) is 18.8 Å². The Labute approximate surface area is 196 Å². The van der Waals surface area contributed by atoms with Gasteiger partial charge in [-0.3, -0.25) is 14.3 Å². The zero-order chi connectivity index (χ0) is 23.7. The number of rotatable bonds is 6. The lowest BCUT2D eigenvalue weighted by molar-refractivity contribution is -0.129. The fraction of sp³-hybridized carbons (Fsp3) is 0.577. The first-order valence-corrected chi connectivity index (χ1v) is 12.2. The highest BCUT2D eigenvalue weighted by Crippen LogP contribution is 2.34. The largest absolute Gasteiger partial charge is 0.371 e. The number of carbonyl (C=O) groups is 2. The van der Waals surface area contributed by atoms with Crippen LogP contribution in [0.5, 0.6) is 0 Å². The summed E-state index contributed by atoms with van der Waals surface area (Å²) in [5.74, 6) is -0.0597. The summed E-state index contributed by atoms with van der Waals surface area (Å²) in [7, 11) is 4.04. The van der Waals surface area contributed by atoms with E-state index in [9.17, 15) is 9.59 Å². The van der Waals surface area contributed by atoms with Gasteiger partial charge in [0.05, 0.1) is 12.1 Å². The van der Waals surface area contributed by atoms with Crippen molar-refractivity contribution in [3.8, 4) is 11.1 Å². The third-order valence-electron chi connectivity index (χ3n) is 7.54. The molecule has 2 aliphatic rings. The first-order chi connectivity index (χ1) is 15.7. The highest BCUT2D eigenvalue weighted by molar-refractivity contribution is 5.99. The molecule has 1 saturated carbocycles. The number of aryl methyl sites for hydroxylation is 1. The molecule has 2 N–H and O–H groups in total. The highest BCUT2D eigenvalue weighted by atomic mass is 16.2. The number of benzene rings is 1. The monoisotopic (exact) mass is 451 g/mol. The third kappa shape index (κ3) is 4.92. The minimum absolute atomic E-state index is 0.0315. The van der Waals surface area contributed by atoms with Crippen LogP contribution in [0.4, 0.5) is 5.69 Å². The summed E-state index contributed by atoms with van der Waals surface area (Å²) in [5, 5.41) is 10.4. The molecular formula is C26H37N5O2. The average molecular weight is 452 g/mol. The van der Waals surface area contributed by atoms with Crippen LogP contribution in [0.1, 0.15) is 61.9 Å². The van der Waals surface area contributed by atoms with Crippen LogP contribution >= 0.6 is 0 Å². The van der Waals surface area contributed by atoms with Gasteiger partial charge < -0.3 is 15.5 Å². The Kier molecular flexibility index (Phi) is 6.77. The molecule has 4 rings (SSSR count). The topological polar surface area (TPSA) is 79.3 Å². The lowest BCUT2D eigenvalue weighted by Gasteiger charge is -2.33. The van der Waals surface area contributed by atoms with Gasteiger partial charge in [-0.1, -0.05) is 19.8 Å². The van der Waals surface area contributed by atoms with Crippen molar-refractivity contribution in [2.45, 2.75) is 65.0 Å². The summed E-state index contributed by atoms with van der Waals surface area (Å²) in [5.41, 5.74) is 4.70. The van der Waals surface area contributed by atoms with Crippen molar-refractivity contribution in [3.05, 3.63) is 35.7 Å². The molecule has 1 aliphatic heterocycles. The predicted molar refractivity (Wildman–Crippen MR) is 131 cm³/mol. The van der Waals surface area contributed by atoms with Gasteiger partial charge in [0.2, 0.25) is 5.91 Å².